The first-order chi connectivity index (χ1) is 9.47. The maximum absolute atomic E-state index is 12.8. The van der Waals surface area contributed by atoms with Crippen LogP contribution in [0.25, 0.3) is 0 Å². The topological polar surface area (TPSA) is 55.1 Å². The number of carbonyl (C=O) groups excluding carboxylic acids is 1. The lowest BCUT2D eigenvalue weighted by atomic mass is 9.72. The largest absolute Gasteiger partial charge is 0.392 e. The number of thiocarbonyl (C=S) groups is 1. The Kier molecular flexibility index (Phi) is 5.05. The van der Waals surface area contributed by atoms with Gasteiger partial charge in [0.25, 0.3) is 0 Å². The maximum Gasteiger partial charge on any atom is 0.233 e. The normalized spacial score (nSPS) is 33.4. The van der Waals surface area contributed by atoms with E-state index in [9.17, 15) is 4.79 Å². The molecular formula is C16H28N2OS. The molecule has 0 saturated heterocycles. The first-order valence-corrected chi connectivity index (χ1v) is 8.49. The summed E-state index contributed by atoms with van der Waals surface area (Å²) in [4.78, 5) is 13.2. The second kappa shape index (κ2) is 6.42. The van der Waals surface area contributed by atoms with Gasteiger partial charge in [0.15, 0.2) is 0 Å². The molecule has 2 aliphatic carbocycles. The van der Waals surface area contributed by atoms with Gasteiger partial charge >= 0.3 is 0 Å². The van der Waals surface area contributed by atoms with Gasteiger partial charge in [-0.15, -0.1) is 0 Å². The fourth-order valence-electron chi connectivity index (χ4n) is 3.83. The molecule has 0 aromatic heterocycles. The summed E-state index contributed by atoms with van der Waals surface area (Å²) in [6, 6.07) is 0.291. The smallest absolute Gasteiger partial charge is 0.233 e. The highest BCUT2D eigenvalue weighted by molar-refractivity contribution is 7.80. The molecule has 0 bridgehead atoms. The van der Waals surface area contributed by atoms with Crippen LogP contribution < -0.4 is 11.1 Å². The van der Waals surface area contributed by atoms with E-state index in [4.69, 9.17) is 18.0 Å². The molecule has 3 nitrogen and oxygen atoms in total. The monoisotopic (exact) mass is 296 g/mol. The number of carbonyl (C=O) groups is 1. The molecule has 2 fully saturated rings. The molecule has 2 saturated carbocycles. The Bertz CT molecular complexity index is 377. The Hall–Kier alpha value is -0.640. The third kappa shape index (κ3) is 3.00. The molecular weight excluding hydrogens is 268 g/mol. The molecule has 114 valence electrons. The molecule has 3 atom stereocenters. The highest BCUT2D eigenvalue weighted by Crippen LogP contribution is 2.38. The van der Waals surface area contributed by atoms with Crippen LogP contribution in [-0.2, 0) is 4.79 Å². The van der Waals surface area contributed by atoms with E-state index < -0.39 is 5.41 Å². The highest BCUT2D eigenvalue weighted by Gasteiger charge is 2.43. The van der Waals surface area contributed by atoms with Crippen LogP contribution in [-0.4, -0.2) is 16.9 Å². The van der Waals surface area contributed by atoms with Crippen LogP contribution in [0.3, 0.4) is 0 Å². The molecule has 2 aliphatic rings. The molecule has 0 aromatic carbocycles. The number of hydrogen-bond acceptors (Lipinski definition) is 2. The Morgan fingerprint density at radius 3 is 2.40 bits per heavy atom. The van der Waals surface area contributed by atoms with Gasteiger partial charge in [-0.3, -0.25) is 4.79 Å². The van der Waals surface area contributed by atoms with Gasteiger partial charge in [-0.05, 0) is 31.1 Å². The first-order valence-electron chi connectivity index (χ1n) is 8.08. The van der Waals surface area contributed by atoms with E-state index in [1.54, 1.807) is 0 Å². The van der Waals surface area contributed by atoms with E-state index in [-0.39, 0.29) is 5.91 Å². The van der Waals surface area contributed by atoms with E-state index in [1.165, 1.54) is 19.3 Å². The Morgan fingerprint density at radius 1 is 1.15 bits per heavy atom. The van der Waals surface area contributed by atoms with Crippen molar-refractivity contribution in [2.45, 2.75) is 71.3 Å². The third-order valence-electron chi connectivity index (χ3n) is 5.64. The van der Waals surface area contributed by atoms with Crippen LogP contribution in [0.15, 0.2) is 0 Å². The summed E-state index contributed by atoms with van der Waals surface area (Å²) < 4.78 is 0. The molecule has 4 heteroatoms. The van der Waals surface area contributed by atoms with Crippen molar-refractivity contribution < 1.29 is 4.79 Å². The van der Waals surface area contributed by atoms with E-state index in [2.05, 4.69) is 19.2 Å². The fourth-order valence-corrected chi connectivity index (χ4v) is 4.13. The van der Waals surface area contributed by atoms with Gasteiger partial charge in [0.2, 0.25) is 5.91 Å². The molecule has 0 spiro atoms. The summed E-state index contributed by atoms with van der Waals surface area (Å²) in [5.74, 6) is 1.32. The zero-order chi connectivity index (χ0) is 14.8. The van der Waals surface area contributed by atoms with Crippen LogP contribution in [0.2, 0.25) is 0 Å². The lowest BCUT2D eigenvalue weighted by molar-refractivity contribution is -0.130. The van der Waals surface area contributed by atoms with E-state index >= 15 is 0 Å². The maximum atomic E-state index is 12.8. The SMILES string of the molecule is CC1CCCC(NC(=O)C2(C(N)=S)CCCCC2)C1C. The predicted octanol–water partition coefficient (Wildman–Crippen LogP) is 3.16. The standard InChI is InChI=1S/C16H28N2OS/c1-11-7-6-8-13(12(11)2)18-15(19)16(14(17)20)9-4-3-5-10-16/h11-13H,3-10H2,1-2H3,(H2,17,20)(H,18,19). The van der Waals surface area contributed by atoms with Crippen molar-refractivity contribution in [1.29, 1.82) is 0 Å². The quantitative estimate of drug-likeness (QED) is 0.787. The predicted molar refractivity (Wildman–Crippen MR) is 86.4 cm³/mol. The van der Waals surface area contributed by atoms with Gasteiger partial charge in [0.1, 0.15) is 0 Å². The van der Waals surface area contributed by atoms with Gasteiger partial charge in [0, 0.05) is 6.04 Å². The van der Waals surface area contributed by atoms with E-state index in [0.717, 1.165) is 32.1 Å². The summed E-state index contributed by atoms with van der Waals surface area (Å²) in [6.07, 6.45) is 8.52. The Labute approximate surface area is 128 Å². The number of hydrogen-bond donors (Lipinski definition) is 2. The average Bonchev–Trinajstić information content (AvgIpc) is 2.44. The molecule has 0 aromatic rings. The van der Waals surface area contributed by atoms with Crippen LogP contribution in [0.5, 0.6) is 0 Å². The van der Waals surface area contributed by atoms with Crippen LogP contribution in [0, 0.1) is 17.3 Å². The van der Waals surface area contributed by atoms with Crippen LogP contribution >= 0.6 is 12.2 Å². The molecule has 0 heterocycles. The first kappa shape index (κ1) is 15.7. The molecule has 20 heavy (non-hydrogen) atoms. The van der Waals surface area contributed by atoms with Crippen molar-refractivity contribution in [1.82, 2.24) is 5.32 Å². The van der Waals surface area contributed by atoms with Gasteiger partial charge in [-0.25, -0.2) is 0 Å². The van der Waals surface area contributed by atoms with Gasteiger partial charge in [-0.1, -0.05) is 58.2 Å². The van der Waals surface area contributed by atoms with Gasteiger partial charge < -0.3 is 11.1 Å². The highest BCUT2D eigenvalue weighted by atomic mass is 32.1. The minimum absolute atomic E-state index is 0.0932. The van der Waals surface area contributed by atoms with Crippen LogP contribution in [0.1, 0.15) is 65.2 Å². The van der Waals surface area contributed by atoms with E-state index in [1.807, 2.05) is 0 Å². The summed E-state index contributed by atoms with van der Waals surface area (Å²) in [7, 11) is 0. The minimum Gasteiger partial charge on any atom is -0.392 e. The summed E-state index contributed by atoms with van der Waals surface area (Å²) >= 11 is 5.24. The average molecular weight is 296 g/mol. The van der Waals surface area contributed by atoms with Crippen molar-refractivity contribution in [2.24, 2.45) is 23.0 Å². The number of nitrogens with one attached hydrogen (secondary N) is 1. The minimum atomic E-state index is -0.575. The molecule has 2 rings (SSSR count). The van der Waals surface area contributed by atoms with Crippen molar-refractivity contribution in [3.8, 4) is 0 Å². The van der Waals surface area contributed by atoms with Gasteiger partial charge in [-0.2, -0.15) is 0 Å². The second-order valence-electron chi connectivity index (χ2n) is 6.85. The van der Waals surface area contributed by atoms with E-state index in [0.29, 0.717) is 22.9 Å². The number of rotatable bonds is 3. The van der Waals surface area contributed by atoms with Crippen molar-refractivity contribution in [3.05, 3.63) is 0 Å². The summed E-state index contributed by atoms with van der Waals surface area (Å²) in [5.41, 5.74) is 5.37. The molecule has 3 N–H and O–H groups in total. The lowest BCUT2D eigenvalue weighted by Crippen LogP contribution is -2.54. The second-order valence-corrected chi connectivity index (χ2v) is 7.29. The number of nitrogens with two attached hydrogens (primary N) is 1. The van der Waals surface area contributed by atoms with Crippen LogP contribution in [0.4, 0.5) is 0 Å². The number of amides is 1. The third-order valence-corrected chi connectivity index (χ3v) is 6.03. The van der Waals surface area contributed by atoms with Gasteiger partial charge in [0.05, 0.1) is 10.4 Å². The zero-order valence-electron chi connectivity index (χ0n) is 12.8. The summed E-state index contributed by atoms with van der Waals surface area (Å²) in [6.45, 7) is 4.54. The Morgan fingerprint density at radius 2 is 1.80 bits per heavy atom. The lowest BCUT2D eigenvalue weighted by Gasteiger charge is -2.40. The Balaban J connectivity index is 2.07. The van der Waals surface area contributed by atoms with Crippen molar-refractivity contribution >= 4 is 23.1 Å². The molecule has 0 aliphatic heterocycles. The van der Waals surface area contributed by atoms with Crippen molar-refractivity contribution in [2.75, 3.05) is 0 Å². The molecule has 0 radical (unpaired) electrons. The zero-order valence-corrected chi connectivity index (χ0v) is 13.6. The molecule has 3 unspecified atom stereocenters. The summed E-state index contributed by atoms with van der Waals surface area (Å²) in [5, 5.41) is 3.28. The fraction of sp³-hybridized carbons (Fsp3) is 0.875. The molecule has 1 amide bonds. The van der Waals surface area contributed by atoms with Crippen molar-refractivity contribution in [3.63, 3.8) is 0 Å².